The Morgan fingerprint density at radius 3 is 2.67 bits per heavy atom. The molecular formula is C17H33IN6. The molecule has 138 valence electrons. The van der Waals surface area contributed by atoms with Gasteiger partial charge >= 0.3 is 0 Å². The third-order valence-electron chi connectivity index (χ3n) is 4.19. The number of rotatable bonds is 8. The maximum atomic E-state index is 4.70. The predicted molar refractivity (Wildman–Crippen MR) is 111 cm³/mol. The summed E-state index contributed by atoms with van der Waals surface area (Å²) in [5, 5.41) is 11.2. The molecule has 2 rings (SSSR count). The van der Waals surface area contributed by atoms with Crippen LogP contribution in [0.1, 0.15) is 39.5 Å². The second-order valence-corrected chi connectivity index (χ2v) is 6.14. The zero-order valence-corrected chi connectivity index (χ0v) is 17.4. The van der Waals surface area contributed by atoms with Crippen molar-refractivity contribution in [1.82, 2.24) is 25.3 Å². The fraction of sp³-hybridized carbons (Fsp3) is 0.765. The Morgan fingerprint density at radius 1 is 1.25 bits per heavy atom. The molecule has 0 aromatic carbocycles. The van der Waals surface area contributed by atoms with Crippen molar-refractivity contribution in [1.29, 1.82) is 0 Å². The lowest BCUT2D eigenvalue weighted by molar-refractivity contribution is 0.206. The summed E-state index contributed by atoms with van der Waals surface area (Å²) < 4.78 is 1.96. The Balaban J connectivity index is 0.00000288. The van der Waals surface area contributed by atoms with E-state index >= 15 is 0 Å². The van der Waals surface area contributed by atoms with Gasteiger partial charge in [0.1, 0.15) is 0 Å². The number of hydrogen-bond acceptors (Lipinski definition) is 3. The van der Waals surface area contributed by atoms with Crippen molar-refractivity contribution < 1.29 is 0 Å². The third kappa shape index (κ3) is 7.83. The van der Waals surface area contributed by atoms with Gasteiger partial charge in [0, 0.05) is 51.2 Å². The van der Waals surface area contributed by atoms with Gasteiger partial charge in [0.15, 0.2) is 5.96 Å². The molecule has 1 aromatic heterocycles. The highest BCUT2D eigenvalue weighted by Crippen LogP contribution is 2.10. The molecule has 2 heterocycles. The van der Waals surface area contributed by atoms with E-state index in [9.17, 15) is 0 Å². The minimum atomic E-state index is 0. The van der Waals surface area contributed by atoms with Gasteiger partial charge in [-0.2, -0.15) is 5.10 Å². The van der Waals surface area contributed by atoms with Crippen LogP contribution in [0.15, 0.2) is 23.5 Å². The molecule has 0 amide bonds. The largest absolute Gasteiger partial charge is 0.357 e. The lowest BCUT2D eigenvalue weighted by Crippen LogP contribution is -2.48. The summed E-state index contributed by atoms with van der Waals surface area (Å²) in [7, 11) is 0. The van der Waals surface area contributed by atoms with Crippen molar-refractivity contribution in [3.8, 4) is 0 Å². The Bertz CT molecular complexity index is 440. The number of nitrogens with zero attached hydrogens (tertiary/aromatic N) is 4. The van der Waals surface area contributed by atoms with Gasteiger partial charge in [-0.3, -0.25) is 9.67 Å². The van der Waals surface area contributed by atoms with E-state index in [1.807, 2.05) is 23.1 Å². The summed E-state index contributed by atoms with van der Waals surface area (Å²) in [5.41, 5.74) is 0. The van der Waals surface area contributed by atoms with Crippen molar-refractivity contribution in [2.75, 3.05) is 32.7 Å². The van der Waals surface area contributed by atoms with Crippen LogP contribution in [0.3, 0.4) is 0 Å². The van der Waals surface area contributed by atoms with Gasteiger partial charge < -0.3 is 15.5 Å². The highest BCUT2D eigenvalue weighted by Gasteiger charge is 2.19. The standard InChI is InChI=1S/C17H32N6.HI/c1-3-11-22-14-7-16(8-15-22)21-17(18-4-2)19-9-5-12-23-13-6-10-20-23;/h6,10,13,16H,3-5,7-9,11-12,14-15H2,1-2H3,(H2,18,19,21);1H. The predicted octanol–water partition coefficient (Wildman–Crippen LogP) is 2.32. The second kappa shape index (κ2) is 12.5. The topological polar surface area (TPSA) is 57.5 Å². The Hall–Kier alpha value is -0.830. The van der Waals surface area contributed by atoms with Crippen LogP contribution in [0.2, 0.25) is 0 Å². The van der Waals surface area contributed by atoms with E-state index in [0.29, 0.717) is 6.04 Å². The van der Waals surface area contributed by atoms with E-state index in [1.54, 1.807) is 0 Å². The molecule has 1 aromatic rings. The molecule has 6 nitrogen and oxygen atoms in total. The fourth-order valence-electron chi connectivity index (χ4n) is 2.99. The first-order valence-electron chi connectivity index (χ1n) is 9.06. The Kier molecular flexibility index (Phi) is 11.1. The van der Waals surface area contributed by atoms with E-state index in [1.165, 1.54) is 38.9 Å². The van der Waals surface area contributed by atoms with Crippen LogP contribution >= 0.6 is 24.0 Å². The van der Waals surface area contributed by atoms with Gasteiger partial charge in [-0.15, -0.1) is 24.0 Å². The smallest absolute Gasteiger partial charge is 0.191 e. The average Bonchev–Trinajstić information content (AvgIpc) is 3.07. The second-order valence-electron chi connectivity index (χ2n) is 6.14. The summed E-state index contributed by atoms with van der Waals surface area (Å²) >= 11 is 0. The van der Waals surface area contributed by atoms with Gasteiger partial charge in [-0.05, 0) is 45.2 Å². The number of halogens is 1. The van der Waals surface area contributed by atoms with Crippen LogP contribution in [0.4, 0.5) is 0 Å². The van der Waals surface area contributed by atoms with Crippen molar-refractivity contribution in [2.45, 2.75) is 52.1 Å². The lowest BCUT2D eigenvalue weighted by Gasteiger charge is -2.32. The molecular weight excluding hydrogens is 415 g/mol. The zero-order chi connectivity index (χ0) is 16.3. The summed E-state index contributed by atoms with van der Waals surface area (Å²) in [6.07, 6.45) is 8.48. The maximum absolute atomic E-state index is 4.70. The van der Waals surface area contributed by atoms with Crippen molar-refractivity contribution >= 4 is 29.9 Å². The monoisotopic (exact) mass is 448 g/mol. The zero-order valence-electron chi connectivity index (χ0n) is 15.1. The molecule has 24 heavy (non-hydrogen) atoms. The number of hydrogen-bond donors (Lipinski definition) is 2. The maximum Gasteiger partial charge on any atom is 0.191 e. The third-order valence-corrected chi connectivity index (χ3v) is 4.19. The van der Waals surface area contributed by atoms with Gasteiger partial charge in [0.05, 0.1) is 0 Å². The minimum Gasteiger partial charge on any atom is -0.357 e. The average molecular weight is 448 g/mol. The van der Waals surface area contributed by atoms with Crippen LogP contribution in [-0.2, 0) is 6.54 Å². The Morgan fingerprint density at radius 2 is 2.04 bits per heavy atom. The summed E-state index contributed by atoms with van der Waals surface area (Å²) in [6, 6.07) is 2.51. The van der Waals surface area contributed by atoms with Crippen molar-refractivity contribution in [3.05, 3.63) is 18.5 Å². The minimum absolute atomic E-state index is 0. The number of likely N-dealkylation sites (tertiary alicyclic amines) is 1. The molecule has 0 bridgehead atoms. The summed E-state index contributed by atoms with van der Waals surface area (Å²) in [6.45, 7) is 10.6. The molecule has 1 fully saturated rings. The highest BCUT2D eigenvalue weighted by molar-refractivity contribution is 14.0. The van der Waals surface area contributed by atoms with Crippen LogP contribution in [-0.4, -0.2) is 59.4 Å². The molecule has 1 aliphatic heterocycles. The van der Waals surface area contributed by atoms with Crippen molar-refractivity contribution in [2.24, 2.45) is 4.99 Å². The van der Waals surface area contributed by atoms with Gasteiger partial charge in [-0.1, -0.05) is 6.92 Å². The first-order chi connectivity index (χ1) is 11.3. The summed E-state index contributed by atoms with van der Waals surface area (Å²) in [4.78, 5) is 7.26. The molecule has 0 aliphatic carbocycles. The molecule has 1 saturated heterocycles. The molecule has 0 unspecified atom stereocenters. The number of piperidine rings is 1. The SMILES string of the molecule is CCCN1CCC(NC(=NCCCn2cccn2)NCC)CC1.I. The quantitative estimate of drug-likeness (QED) is 0.278. The van der Waals surface area contributed by atoms with Gasteiger partial charge in [0.25, 0.3) is 0 Å². The molecule has 7 heteroatoms. The van der Waals surface area contributed by atoms with E-state index in [4.69, 9.17) is 4.99 Å². The summed E-state index contributed by atoms with van der Waals surface area (Å²) in [5.74, 6) is 0.960. The van der Waals surface area contributed by atoms with Crippen LogP contribution in [0.5, 0.6) is 0 Å². The number of aryl methyl sites for hydroxylation is 1. The van der Waals surface area contributed by atoms with Crippen LogP contribution in [0.25, 0.3) is 0 Å². The molecule has 0 spiro atoms. The molecule has 0 atom stereocenters. The van der Waals surface area contributed by atoms with Gasteiger partial charge in [-0.25, -0.2) is 0 Å². The molecule has 2 N–H and O–H groups in total. The highest BCUT2D eigenvalue weighted by atomic mass is 127. The normalized spacial score (nSPS) is 16.7. The van der Waals surface area contributed by atoms with Crippen molar-refractivity contribution in [3.63, 3.8) is 0 Å². The number of aliphatic imine (C=N–C) groups is 1. The lowest BCUT2D eigenvalue weighted by atomic mass is 10.1. The molecule has 0 radical (unpaired) electrons. The van der Waals surface area contributed by atoms with Crippen LogP contribution < -0.4 is 10.6 Å². The first kappa shape index (κ1) is 21.2. The van der Waals surface area contributed by atoms with Gasteiger partial charge in [0.2, 0.25) is 0 Å². The Labute approximate surface area is 163 Å². The van der Waals surface area contributed by atoms with E-state index < -0.39 is 0 Å². The first-order valence-corrected chi connectivity index (χ1v) is 9.06. The van der Waals surface area contributed by atoms with E-state index in [-0.39, 0.29) is 24.0 Å². The number of nitrogens with one attached hydrogen (secondary N) is 2. The van der Waals surface area contributed by atoms with E-state index in [2.05, 4.69) is 34.5 Å². The molecule has 0 saturated carbocycles. The number of aromatic nitrogens is 2. The molecule has 1 aliphatic rings. The number of guanidine groups is 1. The fourth-order valence-corrected chi connectivity index (χ4v) is 2.99. The van der Waals surface area contributed by atoms with E-state index in [0.717, 1.165) is 32.0 Å². The van der Waals surface area contributed by atoms with Crippen LogP contribution in [0, 0.1) is 0 Å².